The molecule has 2 rings (SSSR count). The molecule has 1 fully saturated rings. The highest BCUT2D eigenvalue weighted by Gasteiger charge is 2.30. The molecule has 1 saturated heterocycles. The summed E-state index contributed by atoms with van der Waals surface area (Å²) in [5, 5.41) is 3.43. The number of rotatable bonds is 7. The lowest BCUT2D eigenvalue weighted by Gasteiger charge is -2.19. The fraction of sp³-hybridized carbons (Fsp3) is 0.500. The van der Waals surface area contributed by atoms with Gasteiger partial charge in [-0.2, -0.15) is 0 Å². The quantitative estimate of drug-likeness (QED) is 0.709. The molecule has 28 heavy (non-hydrogen) atoms. The van der Waals surface area contributed by atoms with Gasteiger partial charge in [0, 0.05) is 18.0 Å². The summed E-state index contributed by atoms with van der Waals surface area (Å²) >= 11 is 1.31. The summed E-state index contributed by atoms with van der Waals surface area (Å²) in [6.45, 7) is 10.3. The van der Waals surface area contributed by atoms with Crippen LogP contribution in [0.15, 0.2) is 35.4 Å². The summed E-state index contributed by atoms with van der Waals surface area (Å²) < 4.78 is 0. The number of amides is 2. The van der Waals surface area contributed by atoms with Crippen LogP contribution in [0.2, 0.25) is 0 Å². The molecular weight excluding hydrogens is 372 g/mol. The number of thioether (sulfide) groups is 1. The van der Waals surface area contributed by atoms with Crippen molar-refractivity contribution in [2.75, 3.05) is 18.8 Å². The minimum atomic E-state index is -0.516. The summed E-state index contributed by atoms with van der Waals surface area (Å²) in [5.74, 6) is 0.344. The Morgan fingerprint density at radius 1 is 1.21 bits per heavy atom. The number of allylic oxidation sites excluding steroid dienone is 1. The fourth-order valence-corrected chi connectivity index (χ4v) is 3.58. The van der Waals surface area contributed by atoms with Crippen molar-refractivity contribution in [1.82, 2.24) is 10.2 Å². The minimum absolute atomic E-state index is 0.0542. The van der Waals surface area contributed by atoms with Gasteiger partial charge in [-0.1, -0.05) is 70.6 Å². The van der Waals surface area contributed by atoms with Gasteiger partial charge < -0.3 is 5.32 Å². The SMILES string of the molecule is CC(C)c1ccc(CCNC(=O)CN2C(=O)CSC2=CC(=O)C(C)(C)C)cc1. The summed E-state index contributed by atoms with van der Waals surface area (Å²) in [6, 6.07) is 8.40. The monoisotopic (exact) mass is 402 g/mol. The Morgan fingerprint density at radius 2 is 1.86 bits per heavy atom. The Bertz CT molecular complexity index is 761. The first kappa shape index (κ1) is 22.2. The van der Waals surface area contributed by atoms with E-state index in [1.54, 1.807) is 0 Å². The van der Waals surface area contributed by atoms with Crippen molar-refractivity contribution in [2.24, 2.45) is 5.41 Å². The maximum absolute atomic E-state index is 12.3. The van der Waals surface area contributed by atoms with Gasteiger partial charge in [0.1, 0.15) is 6.54 Å². The summed E-state index contributed by atoms with van der Waals surface area (Å²) in [6.07, 6.45) is 2.22. The number of ketones is 1. The van der Waals surface area contributed by atoms with Crippen LogP contribution >= 0.6 is 11.8 Å². The number of carbonyl (C=O) groups excluding carboxylic acids is 3. The van der Waals surface area contributed by atoms with Crippen molar-refractivity contribution in [3.8, 4) is 0 Å². The molecule has 1 N–H and O–H groups in total. The van der Waals surface area contributed by atoms with E-state index in [1.165, 1.54) is 28.3 Å². The van der Waals surface area contributed by atoms with Crippen molar-refractivity contribution >= 4 is 29.4 Å². The Hall–Kier alpha value is -2.08. The molecule has 1 aliphatic rings. The zero-order valence-corrected chi connectivity index (χ0v) is 18.2. The average molecular weight is 403 g/mol. The van der Waals surface area contributed by atoms with Gasteiger partial charge in [-0.05, 0) is 23.5 Å². The first-order valence-electron chi connectivity index (χ1n) is 9.62. The molecule has 0 radical (unpaired) electrons. The minimum Gasteiger partial charge on any atom is -0.354 e. The highest BCUT2D eigenvalue weighted by molar-refractivity contribution is 8.04. The molecule has 6 heteroatoms. The average Bonchev–Trinajstić information content (AvgIpc) is 2.94. The lowest BCUT2D eigenvalue weighted by Crippen LogP contribution is -2.38. The van der Waals surface area contributed by atoms with E-state index in [0.29, 0.717) is 17.5 Å². The van der Waals surface area contributed by atoms with Crippen molar-refractivity contribution in [3.05, 3.63) is 46.5 Å². The number of nitrogens with zero attached hydrogens (tertiary/aromatic N) is 1. The van der Waals surface area contributed by atoms with Crippen LogP contribution in [0.1, 0.15) is 51.7 Å². The summed E-state index contributed by atoms with van der Waals surface area (Å²) in [7, 11) is 0. The van der Waals surface area contributed by atoms with Crippen LogP contribution in [0, 0.1) is 5.41 Å². The van der Waals surface area contributed by atoms with Crippen LogP contribution < -0.4 is 5.32 Å². The molecule has 1 aliphatic heterocycles. The Kier molecular flexibility index (Phi) is 7.47. The molecule has 1 aromatic carbocycles. The second kappa shape index (κ2) is 9.41. The number of nitrogens with one attached hydrogen (secondary N) is 1. The van der Waals surface area contributed by atoms with E-state index in [4.69, 9.17) is 0 Å². The van der Waals surface area contributed by atoms with E-state index in [2.05, 4.69) is 43.4 Å². The zero-order chi connectivity index (χ0) is 20.9. The topological polar surface area (TPSA) is 66.5 Å². The van der Waals surface area contributed by atoms with Crippen molar-refractivity contribution in [1.29, 1.82) is 0 Å². The largest absolute Gasteiger partial charge is 0.354 e. The van der Waals surface area contributed by atoms with Gasteiger partial charge >= 0.3 is 0 Å². The number of benzene rings is 1. The number of hydrogen-bond acceptors (Lipinski definition) is 4. The second-order valence-electron chi connectivity index (χ2n) is 8.36. The molecule has 0 bridgehead atoms. The fourth-order valence-electron chi connectivity index (χ4n) is 2.64. The Balaban J connectivity index is 1.87. The van der Waals surface area contributed by atoms with E-state index in [-0.39, 0.29) is 29.9 Å². The maximum atomic E-state index is 12.3. The molecule has 0 aliphatic carbocycles. The third-order valence-electron chi connectivity index (χ3n) is 4.59. The second-order valence-corrected chi connectivity index (χ2v) is 9.36. The lowest BCUT2D eigenvalue weighted by atomic mass is 9.91. The molecule has 2 amide bonds. The van der Waals surface area contributed by atoms with Gasteiger partial charge in [0.05, 0.1) is 10.8 Å². The van der Waals surface area contributed by atoms with Gasteiger partial charge in [0.25, 0.3) is 0 Å². The predicted molar refractivity (Wildman–Crippen MR) is 114 cm³/mol. The summed E-state index contributed by atoms with van der Waals surface area (Å²) in [5.41, 5.74) is 1.94. The molecule has 0 saturated carbocycles. The van der Waals surface area contributed by atoms with Crippen LogP contribution in [0.4, 0.5) is 0 Å². The highest BCUT2D eigenvalue weighted by atomic mass is 32.2. The van der Waals surface area contributed by atoms with Crippen molar-refractivity contribution in [2.45, 2.75) is 47.0 Å². The van der Waals surface area contributed by atoms with Crippen molar-refractivity contribution < 1.29 is 14.4 Å². The molecule has 152 valence electrons. The smallest absolute Gasteiger partial charge is 0.240 e. The van der Waals surface area contributed by atoms with Gasteiger partial charge in [0.15, 0.2) is 5.78 Å². The van der Waals surface area contributed by atoms with Crippen molar-refractivity contribution in [3.63, 3.8) is 0 Å². The van der Waals surface area contributed by atoms with Gasteiger partial charge in [-0.3, -0.25) is 19.3 Å². The van der Waals surface area contributed by atoms with Crippen LogP contribution in [-0.2, 0) is 20.8 Å². The Labute approximate surface area is 171 Å². The molecule has 0 aromatic heterocycles. The molecule has 5 nitrogen and oxygen atoms in total. The van der Waals surface area contributed by atoms with Crippen LogP contribution in [0.25, 0.3) is 0 Å². The zero-order valence-electron chi connectivity index (χ0n) is 17.4. The molecule has 0 unspecified atom stereocenters. The third kappa shape index (κ3) is 6.23. The molecule has 1 heterocycles. The van der Waals surface area contributed by atoms with E-state index >= 15 is 0 Å². The lowest BCUT2D eigenvalue weighted by molar-refractivity contribution is -0.131. The van der Waals surface area contributed by atoms with Gasteiger partial charge in [-0.25, -0.2) is 0 Å². The first-order valence-corrected chi connectivity index (χ1v) is 10.6. The number of hydrogen-bond donors (Lipinski definition) is 1. The third-order valence-corrected chi connectivity index (χ3v) is 5.61. The molecule has 0 spiro atoms. The van der Waals surface area contributed by atoms with Crippen LogP contribution in [-0.4, -0.2) is 41.3 Å². The van der Waals surface area contributed by atoms with Gasteiger partial charge in [0.2, 0.25) is 11.8 Å². The Morgan fingerprint density at radius 3 is 2.43 bits per heavy atom. The molecular formula is C22H30N2O3S. The van der Waals surface area contributed by atoms with Crippen LogP contribution in [0.5, 0.6) is 0 Å². The molecule has 0 atom stereocenters. The first-order chi connectivity index (χ1) is 13.1. The standard InChI is InChI=1S/C22H30N2O3S/c1-15(2)17-8-6-16(7-9-17)10-11-23-19(26)13-24-20(27)14-28-21(24)12-18(25)22(3,4)5/h6-9,12,15H,10-11,13-14H2,1-5H3,(H,23,26). The normalized spacial score (nSPS) is 16.1. The summed E-state index contributed by atoms with van der Waals surface area (Å²) in [4.78, 5) is 38.0. The maximum Gasteiger partial charge on any atom is 0.240 e. The van der Waals surface area contributed by atoms with E-state index in [9.17, 15) is 14.4 Å². The van der Waals surface area contributed by atoms with E-state index in [1.807, 2.05) is 20.8 Å². The number of carbonyl (C=O) groups is 3. The van der Waals surface area contributed by atoms with E-state index < -0.39 is 5.41 Å². The van der Waals surface area contributed by atoms with Gasteiger partial charge in [-0.15, -0.1) is 0 Å². The van der Waals surface area contributed by atoms with E-state index in [0.717, 1.165) is 12.0 Å². The highest BCUT2D eigenvalue weighted by Crippen LogP contribution is 2.30. The van der Waals surface area contributed by atoms with Crippen LogP contribution in [0.3, 0.4) is 0 Å². The molecule has 1 aromatic rings. The predicted octanol–water partition coefficient (Wildman–Crippen LogP) is 3.50.